The van der Waals surface area contributed by atoms with Crippen LogP contribution in [0.25, 0.3) is 0 Å². The van der Waals surface area contributed by atoms with E-state index in [4.69, 9.17) is 52.2 Å². The quantitative estimate of drug-likeness (QED) is 0.0588. The molecule has 0 spiro atoms. The summed E-state index contributed by atoms with van der Waals surface area (Å²) in [5, 5.41) is 0. The Kier molecular flexibility index (Phi) is 27.3. The van der Waals surface area contributed by atoms with Crippen LogP contribution in [0.1, 0.15) is 182 Å². The molecule has 0 aromatic heterocycles. The standard InChI is InChI=1S/C36H81O12Si4/c1-19-28(10)37-50(38-29(11)20-2,39-30(12)21-3)46-49(47-51(40-31(13)22-4,41-32(14)23-5)42-33(15)24-6)48-52(43-34(16)25-7,44-35(17)26-8)45-36(18)27-9/h28-36H,19-27H2,1-18H3. The van der Waals surface area contributed by atoms with E-state index in [1.165, 1.54) is 0 Å². The molecule has 0 N–H and O–H groups in total. The first-order valence-corrected chi connectivity index (χ1v) is 26.5. The van der Waals surface area contributed by atoms with Crippen molar-refractivity contribution < 1.29 is 52.2 Å². The van der Waals surface area contributed by atoms with Crippen molar-refractivity contribution in [3.05, 3.63) is 0 Å². The molecule has 0 aromatic carbocycles. The van der Waals surface area contributed by atoms with E-state index in [1.807, 2.05) is 125 Å². The van der Waals surface area contributed by atoms with Crippen LogP contribution in [0.3, 0.4) is 0 Å². The van der Waals surface area contributed by atoms with Gasteiger partial charge in [-0.3, -0.25) is 0 Å². The van der Waals surface area contributed by atoms with Gasteiger partial charge in [0.05, 0.1) is 0 Å². The molecule has 1 radical (unpaired) electrons. The Bertz CT molecular complexity index is 693. The molecule has 0 aliphatic rings. The van der Waals surface area contributed by atoms with E-state index in [9.17, 15) is 0 Å². The first-order chi connectivity index (χ1) is 24.4. The van der Waals surface area contributed by atoms with Crippen LogP contribution in [0, 0.1) is 0 Å². The zero-order valence-corrected chi connectivity index (χ0v) is 40.5. The molecular formula is C36H81O12Si4. The van der Waals surface area contributed by atoms with Gasteiger partial charge in [0.1, 0.15) is 0 Å². The minimum Gasteiger partial charge on any atom is -0.349 e. The molecule has 0 heterocycles. The summed E-state index contributed by atoms with van der Waals surface area (Å²) in [7, 11) is -15.4. The Morgan fingerprint density at radius 1 is 0.269 bits per heavy atom. The lowest BCUT2D eigenvalue weighted by atomic mass is 10.3. The highest BCUT2D eigenvalue weighted by Gasteiger charge is 2.63. The fourth-order valence-corrected chi connectivity index (χ4v) is 16.0. The third kappa shape index (κ3) is 20.0. The molecule has 12 nitrogen and oxygen atoms in total. The average molecular weight is 818 g/mol. The molecule has 52 heavy (non-hydrogen) atoms. The number of rotatable bonds is 33. The zero-order valence-electron chi connectivity index (χ0n) is 36.5. The molecule has 16 heteroatoms. The average Bonchev–Trinajstić information content (AvgIpc) is 3.10. The first-order valence-electron chi connectivity index (χ1n) is 20.4. The molecule has 0 saturated heterocycles. The first kappa shape index (κ1) is 52.4. The van der Waals surface area contributed by atoms with Crippen molar-refractivity contribution in [1.82, 2.24) is 0 Å². The highest BCUT2D eigenvalue weighted by Crippen LogP contribution is 2.31. The van der Waals surface area contributed by atoms with Gasteiger partial charge in [-0.05, 0) is 120 Å². The summed E-state index contributed by atoms with van der Waals surface area (Å²) in [4.78, 5) is 0. The third-order valence-corrected chi connectivity index (χ3v) is 20.1. The van der Waals surface area contributed by atoms with Gasteiger partial charge >= 0.3 is 36.7 Å². The second-order valence-electron chi connectivity index (χ2n) is 14.1. The third-order valence-electron chi connectivity index (χ3n) is 8.91. The second-order valence-corrected chi connectivity index (χ2v) is 22.2. The summed E-state index contributed by atoms with van der Waals surface area (Å²) >= 11 is 0. The van der Waals surface area contributed by atoms with Crippen LogP contribution in [-0.2, 0) is 52.2 Å². The van der Waals surface area contributed by atoms with Crippen molar-refractivity contribution in [2.24, 2.45) is 0 Å². The lowest BCUT2D eigenvalue weighted by molar-refractivity contribution is -0.0969. The van der Waals surface area contributed by atoms with Crippen molar-refractivity contribution in [3.63, 3.8) is 0 Å². The maximum Gasteiger partial charge on any atom is 0.672 e. The van der Waals surface area contributed by atoms with Crippen molar-refractivity contribution >= 4 is 36.7 Å². The smallest absolute Gasteiger partial charge is 0.349 e. The highest BCUT2D eigenvalue weighted by atomic mass is 28.5. The summed E-state index contributed by atoms with van der Waals surface area (Å²) in [6.07, 6.45) is 3.91. The predicted octanol–water partition coefficient (Wildman–Crippen LogP) is 9.66. The van der Waals surface area contributed by atoms with Crippen molar-refractivity contribution in [1.29, 1.82) is 0 Å². The van der Waals surface area contributed by atoms with E-state index < -0.39 is 36.7 Å². The molecule has 0 saturated carbocycles. The van der Waals surface area contributed by atoms with Gasteiger partial charge in [-0.2, -0.15) is 0 Å². The van der Waals surface area contributed by atoms with Gasteiger partial charge in [-0.25, -0.2) is 0 Å². The summed E-state index contributed by atoms with van der Waals surface area (Å²) in [6, 6.07) is 0. The molecule has 0 fully saturated rings. The van der Waals surface area contributed by atoms with Crippen LogP contribution < -0.4 is 0 Å². The molecule has 313 valence electrons. The maximum absolute atomic E-state index is 7.08. The van der Waals surface area contributed by atoms with Crippen LogP contribution in [0.15, 0.2) is 0 Å². The van der Waals surface area contributed by atoms with Gasteiger partial charge in [0, 0.05) is 54.9 Å². The van der Waals surface area contributed by atoms with Crippen molar-refractivity contribution in [2.75, 3.05) is 0 Å². The fraction of sp³-hybridized carbons (Fsp3) is 1.00. The summed E-state index contributed by atoms with van der Waals surface area (Å²) in [5.74, 6) is 0. The molecule has 9 unspecified atom stereocenters. The van der Waals surface area contributed by atoms with Crippen LogP contribution in [0.2, 0.25) is 0 Å². The summed E-state index contributed by atoms with van der Waals surface area (Å²) in [6.45, 7) is 36.2. The van der Waals surface area contributed by atoms with Crippen molar-refractivity contribution in [3.8, 4) is 0 Å². The van der Waals surface area contributed by atoms with Gasteiger partial charge < -0.3 is 52.2 Å². The largest absolute Gasteiger partial charge is 0.672 e. The molecule has 0 aliphatic heterocycles. The fourth-order valence-electron chi connectivity index (χ4n) is 3.80. The lowest BCUT2D eigenvalue weighted by Crippen LogP contribution is -2.66. The molecule has 0 aliphatic carbocycles. The van der Waals surface area contributed by atoms with Crippen LogP contribution in [0.5, 0.6) is 0 Å². The van der Waals surface area contributed by atoms with Gasteiger partial charge in [0.2, 0.25) is 0 Å². The number of hydrogen-bond acceptors (Lipinski definition) is 12. The van der Waals surface area contributed by atoms with Gasteiger partial charge in [-0.1, -0.05) is 62.3 Å². The molecule has 0 bridgehead atoms. The maximum atomic E-state index is 7.08. The highest BCUT2D eigenvalue weighted by molar-refractivity contribution is 6.72. The molecule has 0 rings (SSSR count). The van der Waals surface area contributed by atoms with E-state index in [0.717, 1.165) is 0 Å². The summed E-state index contributed by atoms with van der Waals surface area (Å²) < 4.78 is 81.8. The van der Waals surface area contributed by atoms with Crippen LogP contribution in [0.4, 0.5) is 0 Å². The second kappa shape index (κ2) is 27.1. The Hall–Kier alpha value is 0.388. The van der Waals surface area contributed by atoms with Crippen LogP contribution in [-0.4, -0.2) is 91.6 Å². The van der Waals surface area contributed by atoms with Gasteiger partial charge in [0.25, 0.3) is 0 Å². The zero-order chi connectivity index (χ0) is 40.1. The molecule has 0 amide bonds. The van der Waals surface area contributed by atoms with E-state index >= 15 is 0 Å². The molecule has 0 aromatic rings. The minimum atomic E-state index is -4.09. The van der Waals surface area contributed by atoms with E-state index in [1.54, 1.807) is 0 Å². The molecular weight excluding hydrogens is 737 g/mol. The molecule has 9 atom stereocenters. The Balaban J connectivity index is 8.07. The summed E-state index contributed by atoms with van der Waals surface area (Å²) in [5.41, 5.74) is 0. The Morgan fingerprint density at radius 3 is 0.481 bits per heavy atom. The van der Waals surface area contributed by atoms with E-state index in [-0.39, 0.29) is 54.9 Å². The predicted molar refractivity (Wildman–Crippen MR) is 214 cm³/mol. The normalized spacial score (nSPS) is 21.3. The SMILES string of the molecule is CCC(C)O[Si](OC(C)CC)(OC(C)CC)O[Si](O[Si](OC(C)CC)(OC(C)CC)OC(C)CC)O[Si](OC(C)CC)(OC(C)CC)OC(C)CC. The Morgan fingerprint density at radius 2 is 0.385 bits per heavy atom. The minimum absolute atomic E-state index is 0.264. The topological polar surface area (TPSA) is 111 Å². The van der Waals surface area contributed by atoms with Gasteiger partial charge in [-0.15, -0.1) is 0 Å². The van der Waals surface area contributed by atoms with Crippen molar-refractivity contribution in [2.45, 2.75) is 237 Å². The van der Waals surface area contributed by atoms with Gasteiger partial charge in [0.15, 0.2) is 0 Å². The Labute approximate surface area is 325 Å². The number of hydrogen-bond donors (Lipinski definition) is 0. The van der Waals surface area contributed by atoms with E-state index in [0.29, 0.717) is 57.8 Å². The van der Waals surface area contributed by atoms with Crippen LogP contribution >= 0.6 is 0 Å². The lowest BCUT2D eigenvalue weighted by Gasteiger charge is -2.41. The monoisotopic (exact) mass is 817 g/mol. The van der Waals surface area contributed by atoms with E-state index in [2.05, 4.69) is 0 Å².